The van der Waals surface area contributed by atoms with E-state index in [1.54, 1.807) is 13.0 Å². The molecule has 3 aromatic rings. The molecule has 0 bridgehead atoms. The predicted octanol–water partition coefficient (Wildman–Crippen LogP) is 3.75. The quantitative estimate of drug-likeness (QED) is 0.732. The Morgan fingerprint density at radius 2 is 1.95 bits per heavy atom. The first-order valence-corrected chi connectivity index (χ1v) is 6.82. The second-order valence-corrected chi connectivity index (χ2v) is 5.23. The van der Waals surface area contributed by atoms with Crippen molar-refractivity contribution in [2.75, 3.05) is 0 Å². The molecule has 1 aromatic carbocycles. The van der Waals surface area contributed by atoms with Gasteiger partial charge in [-0.3, -0.25) is 9.67 Å². The summed E-state index contributed by atoms with van der Waals surface area (Å²) in [6.07, 6.45) is 5.56. The number of benzene rings is 1. The molecule has 0 saturated carbocycles. The van der Waals surface area contributed by atoms with Crippen molar-refractivity contribution in [2.45, 2.75) is 20.4 Å². The van der Waals surface area contributed by atoms with Crippen LogP contribution in [0.3, 0.4) is 0 Å². The van der Waals surface area contributed by atoms with Crippen LogP contribution in [0.15, 0.2) is 48.9 Å². The fourth-order valence-electron chi connectivity index (χ4n) is 2.25. The Bertz CT molecular complexity index is 777. The normalized spacial score (nSPS) is 10.8. The lowest BCUT2D eigenvalue weighted by molar-refractivity contribution is 0.619. The van der Waals surface area contributed by atoms with Crippen LogP contribution in [0.5, 0.6) is 0 Å². The number of aromatic nitrogens is 3. The first kappa shape index (κ1) is 13.5. The lowest BCUT2D eigenvalue weighted by Gasteiger charge is -2.03. The van der Waals surface area contributed by atoms with Crippen LogP contribution >= 0.6 is 0 Å². The van der Waals surface area contributed by atoms with E-state index in [2.05, 4.69) is 16.1 Å². The van der Waals surface area contributed by atoms with Crippen molar-refractivity contribution in [3.8, 4) is 11.3 Å². The van der Waals surface area contributed by atoms with Crippen molar-refractivity contribution < 1.29 is 4.39 Å². The highest BCUT2D eigenvalue weighted by molar-refractivity contribution is 5.59. The van der Waals surface area contributed by atoms with Crippen molar-refractivity contribution in [3.63, 3.8) is 0 Å². The zero-order valence-electron chi connectivity index (χ0n) is 12.0. The van der Waals surface area contributed by atoms with Gasteiger partial charge in [-0.2, -0.15) is 5.10 Å². The largest absolute Gasteiger partial charge is 0.268 e. The van der Waals surface area contributed by atoms with Gasteiger partial charge in [0, 0.05) is 24.2 Å². The lowest BCUT2D eigenvalue weighted by Crippen LogP contribution is -2.01. The second-order valence-electron chi connectivity index (χ2n) is 5.23. The average molecular weight is 281 g/mol. The molecule has 0 N–H and O–H groups in total. The molecule has 3 rings (SSSR count). The van der Waals surface area contributed by atoms with E-state index in [-0.39, 0.29) is 5.82 Å². The topological polar surface area (TPSA) is 30.7 Å². The minimum atomic E-state index is -0.204. The summed E-state index contributed by atoms with van der Waals surface area (Å²) in [5.74, 6) is -0.204. The molecule has 21 heavy (non-hydrogen) atoms. The summed E-state index contributed by atoms with van der Waals surface area (Å²) in [7, 11) is 0. The monoisotopic (exact) mass is 281 g/mol. The van der Waals surface area contributed by atoms with Gasteiger partial charge in [-0.1, -0.05) is 18.2 Å². The molecule has 106 valence electrons. The van der Waals surface area contributed by atoms with Crippen molar-refractivity contribution in [2.24, 2.45) is 0 Å². The molecular weight excluding hydrogens is 265 g/mol. The minimum Gasteiger partial charge on any atom is -0.268 e. The number of rotatable bonds is 3. The van der Waals surface area contributed by atoms with Gasteiger partial charge >= 0.3 is 0 Å². The maximum atomic E-state index is 13.6. The third kappa shape index (κ3) is 2.99. The molecule has 0 spiro atoms. The number of nitrogens with zero attached hydrogens (tertiary/aromatic N) is 3. The highest BCUT2D eigenvalue weighted by Crippen LogP contribution is 2.20. The highest BCUT2D eigenvalue weighted by atomic mass is 19.1. The van der Waals surface area contributed by atoms with E-state index in [1.165, 1.54) is 6.07 Å². The van der Waals surface area contributed by atoms with E-state index in [9.17, 15) is 4.39 Å². The molecule has 0 atom stereocenters. The molecule has 0 amide bonds. The first-order valence-electron chi connectivity index (χ1n) is 6.82. The van der Waals surface area contributed by atoms with E-state index in [0.717, 1.165) is 22.4 Å². The molecule has 0 saturated heterocycles. The molecular formula is C17H16FN3. The van der Waals surface area contributed by atoms with Crippen LogP contribution < -0.4 is 0 Å². The highest BCUT2D eigenvalue weighted by Gasteiger charge is 2.06. The summed E-state index contributed by atoms with van der Waals surface area (Å²) in [6.45, 7) is 4.42. The van der Waals surface area contributed by atoms with Gasteiger partial charge in [0.2, 0.25) is 0 Å². The van der Waals surface area contributed by atoms with Crippen molar-refractivity contribution in [1.29, 1.82) is 0 Å². The van der Waals surface area contributed by atoms with Crippen LogP contribution in [-0.4, -0.2) is 14.8 Å². The summed E-state index contributed by atoms with van der Waals surface area (Å²) in [6, 6.07) is 9.16. The summed E-state index contributed by atoms with van der Waals surface area (Å²) in [5, 5.41) is 4.50. The van der Waals surface area contributed by atoms with Crippen LogP contribution in [0, 0.1) is 19.7 Å². The standard InChI is InChI=1S/C17H16FN3/c1-12-7-14(10-19-9-12)11-21-6-5-17(20-21)15-4-3-13(2)16(18)8-15/h3-10H,11H2,1-2H3. The molecule has 0 aliphatic rings. The molecule has 0 aliphatic carbocycles. The third-order valence-electron chi connectivity index (χ3n) is 3.38. The zero-order chi connectivity index (χ0) is 14.8. The molecule has 2 aromatic heterocycles. The first-order chi connectivity index (χ1) is 10.1. The van der Waals surface area contributed by atoms with E-state index >= 15 is 0 Å². The SMILES string of the molecule is Cc1cncc(Cn2ccc(-c3ccc(C)c(F)c3)n2)c1. The molecule has 2 heterocycles. The molecule has 0 radical (unpaired) electrons. The van der Waals surface area contributed by atoms with Gasteiger partial charge in [0.1, 0.15) is 5.82 Å². The fraction of sp³-hybridized carbons (Fsp3) is 0.176. The van der Waals surface area contributed by atoms with Crippen LogP contribution in [0.1, 0.15) is 16.7 Å². The van der Waals surface area contributed by atoms with Gasteiger partial charge in [-0.05, 0) is 42.7 Å². The minimum absolute atomic E-state index is 0.204. The van der Waals surface area contributed by atoms with Gasteiger partial charge in [-0.15, -0.1) is 0 Å². The second kappa shape index (κ2) is 5.48. The van der Waals surface area contributed by atoms with Crippen LogP contribution in [0.25, 0.3) is 11.3 Å². The fourth-order valence-corrected chi connectivity index (χ4v) is 2.25. The van der Waals surface area contributed by atoms with Gasteiger partial charge in [0.25, 0.3) is 0 Å². The summed E-state index contributed by atoms with van der Waals surface area (Å²) in [4.78, 5) is 4.18. The Hall–Kier alpha value is -2.49. The molecule has 0 fully saturated rings. The number of pyridine rings is 1. The Kier molecular flexibility index (Phi) is 3.52. The van der Waals surface area contributed by atoms with Crippen LogP contribution in [-0.2, 0) is 6.54 Å². The third-order valence-corrected chi connectivity index (χ3v) is 3.38. The van der Waals surface area contributed by atoms with Gasteiger partial charge in [-0.25, -0.2) is 4.39 Å². The van der Waals surface area contributed by atoms with Crippen molar-refractivity contribution >= 4 is 0 Å². The number of hydrogen-bond acceptors (Lipinski definition) is 2. The van der Waals surface area contributed by atoms with E-state index in [4.69, 9.17) is 0 Å². The summed E-state index contributed by atoms with van der Waals surface area (Å²) in [5.41, 5.74) is 4.43. The summed E-state index contributed by atoms with van der Waals surface area (Å²) >= 11 is 0. The number of hydrogen-bond donors (Lipinski definition) is 0. The smallest absolute Gasteiger partial charge is 0.126 e. The Labute approximate surface area is 123 Å². The van der Waals surface area contributed by atoms with Crippen molar-refractivity contribution in [1.82, 2.24) is 14.8 Å². The Balaban J connectivity index is 1.84. The van der Waals surface area contributed by atoms with Crippen LogP contribution in [0.2, 0.25) is 0 Å². The van der Waals surface area contributed by atoms with Gasteiger partial charge < -0.3 is 0 Å². The number of halogens is 1. The maximum absolute atomic E-state index is 13.6. The number of aryl methyl sites for hydroxylation is 2. The Morgan fingerprint density at radius 1 is 1.10 bits per heavy atom. The molecule has 0 unspecified atom stereocenters. The Morgan fingerprint density at radius 3 is 2.71 bits per heavy atom. The van der Waals surface area contributed by atoms with E-state index < -0.39 is 0 Å². The predicted molar refractivity (Wildman–Crippen MR) is 80.4 cm³/mol. The van der Waals surface area contributed by atoms with Gasteiger partial charge in [0.05, 0.1) is 12.2 Å². The maximum Gasteiger partial charge on any atom is 0.126 e. The average Bonchev–Trinajstić information content (AvgIpc) is 2.90. The lowest BCUT2D eigenvalue weighted by atomic mass is 10.1. The zero-order valence-corrected chi connectivity index (χ0v) is 12.0. The van der Waals surface area contributed by atoms with Crippen molar-refractivity contribution in [3.05, 3.63) is 71.4 Å². The molecule has 0 aliphatic heterocycles. The van der Waals surface area contributed by atoms with Crippen LogP contribution in [0.4, 0.5) is 4.39 Å². The molecule has 3 nitrogen and oxygen atoms in total. The van der Waals surface area contributed by atoms with E-state index in [0.29, 0.717) is 12.1 Å². The van der Waals surface area contributed by atoms with Gasteiger partial charge in [0.15, 0.2) is 0 Å². The van der Waals surface area contributed by atoms with E-state index in [1.807, 2.05) is 42.3 Å². The molecule has 4 heteroatoms. The summed E-state index contributed by atoms with van der Waals surface area (Å²) < 4.78 is 15.5.